The zero-order valence-corrected chi connectivity index (χ0v) is 11.4. The van der Waals surface area contributed by atoms with E-state index in [1.165, 1.54) is 0 Å². The number of hydrogen-bond acceptors (Lipinski definition) is 3. The van der Waals surface area contributed by atoms with Crippen LogP contribution in [-0.4, -0.2) is 23.0 Å². The van der Waals surface area contributed by atoms with Gasteiger partial charge in [-0.05, 0) is 37.1 Å². The normalized spacial score (nSPS) is 11.1. The highest BCUT2D eigenvalue weighted by Crippen LogP contribution is 2.28. The van der Waals surface area contributed by atoms with Crippen LogP contribution in [0.4, 0.5) is 0 Å². The van der Waals surface area contributed by atoms with Gasteiger partial charge in [-0.1, -0.05) is 26.7 Å². The molecule has 1 aromatic carbocycles. The molecule has 4 nitrogen and oxygen atoms in total. The minimum atomic E-state index is -1.17. The van der Waals surface area contributed by atoms with E-state index in [-0.39, 0.29) is 0 Å². The summed E-state index contributed by atoms with van der Waals surface area (Å²) >= 11 is 0. The van der Waals surface area contributed by atoms with E-state index in [1.54, 1.807) is 24.3 Å². The van der Waals surface area contributed by atoms with Crippen molar-refractivity contribution in [2.24, 2.45) is 0 Å². The molecule has 1 aromatic rings. The molecular weight excluding hydrogens is 244 g/mol. The molecular formula is C15H20O4. The second-order valence-electron chi connectivity index (χ2n) is 4.59. The first kappa shape index (κ1) is 15.2. The molecule has 104 valence electrons. The molecule has 4 heteroatoms. The van der Waals surface area contributed by atoms with Gasteiger partial charge in [0.15, 0.2) is 0 Å². The van der Waals surface area contributed by atoms with Crippen LogP contribution in [0.5, 0.6) is 5.75 Å². The van der Waals surface area contributed by atoms with Gasteiger partial charge in [0, 0.05) is 5.56 Å². The Bertz CT molecular complexity index is 416. The van der Waals surface area contributed by atoms with Gasteiger partial charge >= 0.3 is 5.97 Å². The van der Waals surface area contributed by atoms with Crippen LogP contribution in [0.1, 0.15) is 49.9 Å². The number of aliphatic carboxylic acids is 1. The van der Waals surface area contributed by atoms with Crippen LogP contribution in [0.2, 0.25) is 0 Å². The molecule has 0 heterocycles. The van der Waals surface area contributed by atoms with Crippen LogP contribution in [0.25, 0.3) is 0 Å². The molecule has 0 amide bonds. The Kier molecular flexibility index (Phi) is 5.55. The van der Waals surface area contributed by atoms with Crippen molar-refractivity contribution in [3.63, 3.8) is 0 Å². The standard InChI is InChI=1S/C15H20O4/c1-3-9-15(10-4-2,14(17)18)19-13-7-5-12(11-16)6-8-13/h5-8,11H,3-4,9-10H2,1-2H3,(H,17,18). The number of ether oxygens (including phenoxy) is 1. The Morgan fingerprint density at radius 3 is 2.11 bits per heavy atom. The summed E-state index contributed by atoms with van der Waals surface area (Å²) in [5.74, 6) is -0.453. The summed E-state index contributed by atoms with van der Waals surface area (Å²) in [4.78, 5) is 22.1. The summed E-state index contributed by atoms with van der Waals surface area (Å²) in [7, 11) is 0. The molecule has 0 aliphatic heterocycles. The SMILES string of the molecule is CCCC(CCC)(Oc1ccc(C=O)cc1)C(=O)O. The maximum Gasteiger partial charge on any atom is 0.348 e. The summed E-state index contributed by atoms with van der Waals surface area (Å²) in [5.41, 5.74) is -0.633. The Morgan fingerprint density at radius 1 is 1.21 bits per heavy atom. The van der Waals surface area contributed by atoms with E-state index >= 15 is 0 Å². The number of benzene rings is 1. The van der Waals surface area contributed by atoms with Gasteiger partial charge < -0.3 is 9.84 Å². The van der Waals surface area contributed by atoms with E-state index in [2.05, 4.69) is 0 Å². The van der Waals surface area contributed by atoms with Gasteiger partial charge in [-0.15, -0.1) is 0 Å². The summed E-state index contributed by atoms with van der Waals surface area (Å²) in [6, 6.07) is 6.50. The highest BCUT2D eigenvalue weighted by Gasteiger charge is 2.39. The van der Waals surface area contributed by atoms with Gasteiger partial charge in [-0.25, -0.2) is 4.79 Å². The molecule has 0 aliphatic rings. The van der Waals surface area contributed by atoms with E-state index in [0.29, 0.717) is 24.2 Å². The fourth-order valence-corrected chi connectivity index (χ4v) is 2.13. The summed E-state index contributed by atoms with van der Waals surface area (Å²) in [5, 5.41) is 9.47. The van der Waals surface area contributed by atoms with E-state index < -0.39 is 11.6 Å². The van der Waals surface area contributed by atoms with Crippen LogP contribution >= 0.6 is 0 Å². The topological polar surface area (TPSA) is 63.6 Å². The van der Waals surface area contributed by atoms with E-state index in [0.717, 1.165) is 19.1 Å². The van der Waals surface area contributed by atoms with Crippen molar-refractivity contribution >= 4 is 12.3 Å². The molecule has 0 radical (unpaired) electrons. The molecule has 0 atom stereocenters. The molecule has 0 fully saturated rings. The molecule has 0 spiro atoms. The number of carboxylic acid groups (broad SMARTS) is 1. The Morgan fingerprint density at radius 2 is 1.74 bits per heavy atom. The number of carboxylic acids is 1. The molecule has 0 unspecified atom stereocenters. The highest BCUT2D eigenvalue weighted by atomic mass is 16.5. The van der Waals surface area contributed by atoms with Crippen molar-refractivity contribution in [1.82, 2.24) is 0 Å². The first-order chi connectivity index (χ1) is 9.07. The summed E-state index contributed by atoms with van der Waals surface area (Å²) < 4.78 is 5.73. The van der Waals surface area contributed by atoms with Crippen LogP contribution in [-0.2, 0) is 4.79 Å². The van der Waals surface area contributed by atoms with Crippen LogP contribution in [0, 0.1) is 0 Å². The Hall–Kier alpha value is -1.84. The quantitative estimate of drug-likeness (QED) is 0.732. The van der Waals surface area contributed by atoms with Gasteiger partial charge in [-0.3, -0.25) is 4.79 Å². The lowest BCUT2D eigenvalue weighted by Crippen LogP contribution is -2.44. The fraction of sp³-hybridized carbons (Fsp3) is 0.467. The molecule has 0 bridgehead atoms. The molecule has 0 aliphatic carbocycles. The number of carbonyl (C=O) groups is 2. The lowest BCUT2D eigenvalue weighted by molar-refractivity contribution is -0.156. The summed E-state index contributed by atoms with van der Waals surface area (Å²) in [6.07, 6.45) is 3.14. The number of hydrogen-bond donors (Lipinski definition) is 1. The minimum absolute atomic E-state index is 0.464. The van der Waals surface area contributed by atoms with Crippen molar-refractivity contribution in [3.05, 3.63) is 29.8 Å². The van der Waals surface area contributed by atoms with Gasteiger partial charge in [-0.2, -0.15) is 0 Å². The third-order valence-electron chi connectivity index (χ3n) is 3.03. The molecule has 0 saturated carbocycles. The number of rotatable bonds is 8. The predicted molar refractivity (Wildman–Crippen MR) is 72.6 cm³/mol. The van der Waals surface area contributed by atoms with E-state index in [9.17, 15) is 14.7 Å². The molecule has 1 N–H and O–H groups in total. The van der Waals surface area contributed by atoms with Crippen molar-refractivity contribution in [1.29, 1.82) is 0 Å². The lowest BCUT2D eigenvalue weighted by Gasteiger charge is -2.30. The second kappa shape index (κ2) is 6.92. The van der Waals surface area contributed by atoms with Crippen molar-refractivity contribution in [3.8, 4) is 5.75 Å². The second-order valence-corrected chi connectivity index (χ2v) is 4.59. The van der Waals surface area contributed by atoms with Gasteiger partial charge in [0.05, 0.1) is 0 Å². The number of carbonyl (C=O) groups excluding carboxylic acids is 1. The Balaban J connectivity index is 2.97. The lowest BCUT2D eigenvalue weighted by atomic mass is 9.92. The van der Waals surface area contributed by atoms with Crippen molar-refractivity contribution in [2.75, 3.05) is 0 Å². The van der Waals surface area contributed by atoms with Gasteiger partial charge in [0.25, 0.3) is 0 Å². The number of aldehydes is 1. The predicted octanol–water partition coefficient (Wildman–Crippen LogP) is 3.30. The third-order valence-corrected chi connectivity index (χ3v) is 3.03. The zero-order valence-electron chi connectivity index (χ0n) is 11.4. The highest BCUT2D eigenvalue weighted by molar-refractivity contribution is 5.78. The first-order valence-corrected chi connectivity index (χ1v) is 6.55. The maximum absolute atomic E-state index is 11.5. The largest absolute Gasteiger partial charge is 0.478 e. The maximum atomic E-state index is 11.5. The van der Waals surface area contributed by atoms with Crippen molar-refractivity contribution in [2.45, 2.75) is 45.1 Å². The van der Waals surface area contributed by atoms with Crippen LogP contribution in [0.15, 0.2) is 24.3 Å². The van der Waals surface area contributed by atoms with Crippen LogP contribution in [0.3, 0.4) is 0 Å². The average Bonchev–Trinajstić information content (AvgIpc) is 2.40. The minimum Gasteiger partial charge on any atom is -0.478 e. The smallest absolute Gasteiger partial charge is 0.348 e. The van der Waals surface area contributed by atoms with Gasteiger partial charge in [0.1, 0.15) is 12.0 Å². The average molecular weight is 264 g/mol. The molecule has 0 saturated heterocycles. The monoisotopic (exact) mass is 264 g/mol. The fourth-order valence-electron chi connectivity index (χ4n) is 2.13. The van der Waals surface area contributed by atoms with Gasteiger partial charge in [0.2, 0.25) is 5.60 Å². The van der Waals surface area contributed by atoms with Crippen molar-refractivity contribution < 1.29 is 19.4 Å². The molecule has 1 rings (SSSR count). The summed E-state index contributed by atoms with van der Waals surface area (Å²) in [6.45, 7) is 3.87. The Labute approximate surface area is 113 Å². The third kappa shape index (κ3) is 3.81. The zero-order chi connectivity index (χ0) is 14.3. The van der Waals surface area contributed by atoms with E-state index in [1.807, 2.05) is 13.8 Å². The first-order valence-electron chi connectivity index (χ1n) is 6.55. The van der Waals surface area contributed by atoms with E-state index in [4.69, 9.17) is 4.74 Å². The molecule has 19 heavy (non-hydrogen) atoms. The van der Waals surface area contributed by atoms with Crippen LogP contribution < -0.4 is 4.74 Å². The molecule has 0 aromatic heterocycles.